The fourth-order valence-corrected chi connectivity index (χ4v) is 7.03. The van der Waals surface area contributed by atoms with Gasteiger partial charge in [-0.3, -0.25) is 0 Å². The van der Waals surface area contributed by atoms with Crippen molar-refractivity contribution < 1.29 is 0 Å². The molecule has 3 aromatic carbocycles. The maximum absolute atomic E-state index is 6.76. The van der Waals surface area contributed by atoms with E-state index in [0.717, 1.165) is 5.02 Å². The number of rotatable bonds is 3. The van der Waals surface area contributed by atoms with Gasteiger partial charge in [-0.1, -0.05) is 89.5 Å². The molecule has 30 heavy (non-hydrogen) atoms. The van der Waals surface area contributed by atoms with Gasteiger partial charge in [0.15, 0.2) is 0 Å². The molecule has 0 spiro atoms. The van der Waals surface area contributed by atoms with Crippen molar-refractivity contribution >= 4 is 11.6 Å². The molecule has 0 N–H and O–H groups in total. The molecule has 1 heteroatoms. The molecular weight excluding hydrogens is 384 g/mol. The van der Waals surface area contributed by atoms with Crippen molar-refractivity contribution in [3.8, 4) is 22.3 Å². The van der Waals surface area contributed by atoms with Crippen molar-refractivity contribution in [2.75, 3.05) is 0 Å². The molecule has 0 saturated carbocycles. The second-order valence-corrected chi connectivity index (χ2v) is 10.5. The summed E-state index contributed by atoms with van der Waals surface area (Å²) >= 11 is 6.76. The Morgan fingerprint density at radius 2 is 1.37 bits per heavy atom. The Kier molecular flexibility index (Phi) is 4.46. The normalized spacial score (nSPS) is 18.0. The van der Waals surface area contributed by atoms with E-state index in [9.17, 15) is 0 Å². The van der Waals surface area contributed by atoms with Gasteiger partial charge in [-0.05, 0) is 80.5 Å². The third-order valence-electron chi connectivity index (χ3n) is 7.78. The zero-order valence-electron chi connectivity index (χ0n) is 18.9. The van der Waals surface area contributed by atoms with Crippen molar-refractivity contribution in [2.45, 2.75) is 52.9 Å². The van der Waals surface area contributed by atoms with Gasteiger partial charge in [-0.2, -0.15) is 0 Å². The minimum absolute atomic E-state index is 0.0373. The molecule has 0 nitrogen and oxygen atoms in total. The van der Waals surface area contributed by atoms with Crippen LogP contribution in [-0.4, -0.2) is 0 Å². The van der Waals surface area contributed by atoms with Gasteiger partial charge >= 0.3 is 0 Å². The SMILES string of the molecule is CC(C)C1c2cc3c(cc2-c2cccc(Cl)c21)C(C(C)C)(C(C)C)c1ccccc1-3. The van der Waals surface area contributed by atoms with Crippen LogP contribution in [0.3, 0.4) is 0 Å². The zero-order chi connectivity index (χ0) is 21.4. The minimum atomic E-state index is 0.0373. The van der Waals surface area contributed by atoms with Crippen molar-refractivity contribution in [2.24, 2.45) is 17.8 Å². The molecule has 0 radical (unpaired) electrons. The van der Waals surface area contributed by atoms with Gasteiger partial charge in [0.2, 0.25) is 0 Å². The Hall–Kier alpha value is -2.05. The first kappa shape index (κ1) is 19.9. The molecule has 154 valence electrons. The van der Waals surface area contributed by atoms with Crippen LogP contribution < -0.4 is 0 Å². The lowest BCUT2D eigenvalue weighted by Crippen LogP contribution is -2.37. The fraction of sp³-hybridized carbons (Fsp3) is 0.379. The highest BCUT2D eigenvalue weighted by Crippen LogP contribution is 2.60. The molecule has 0 heterocycles. The summed E-state index contributed by atoms with van der Waals surface area (Å²) in [6.07, 6.45) is 0. The average molecular weight is 415 g/mol. The minimum Gasteiger partial charge on any atom is -0.0840 e. The van der Waals surface area contributed by atoms with Gasteiger partial charge in [0.1, 0.15) is 0 Å². The maximum atomic E-state index is 6.76. The van der Waals surface area contributed by atoms with Gasteiger partial charge in [-0.15, -0.1) is 0 Å². The summed E-state index contributed by atoms with van der Waals surface area (Å²) in [7, 11) is 0. The molecule has 0 bridgehead atoms. The molecule has 0 amide bonds. The molecule has 0 saturated heterocycles. The third-order valence-corrected chi connectivity index (χ3v) is 8.11. The van der Waals surface area contributed by atoms with E-state index in [1.54, 1.807) is 0 Å². The number of hydrogen-bond acceptors (Lipinski definition) is 0. The zero-order valence-corrected chi connectivity index (χ0v) is 19.6. The monoisotopic (exact) mass is 414 g/mol. The van der Waals surface area contributed by atoms with Gasteiger partial charge in [0.05, 0.1) is 0 Å². The highest BCUT2D eigenvalue weighted by atomic mass is 35.5. The van der Waals surface area contributed by atoms with Crippen LogP contribution >= 0.6 is 11.6 Å². The standard InChI is InChI=1S/C29H31Cl/c1-16(2)27-23-14-22-19-10-7-8-12-24(19)29(17(3)4,18(5)6)25(22)15-21(23)20-11-9-13-26(30)28(20)27/h7-18,27H,1-6H3. The molecule has 2 aliphatic carbocycles. The topological polar surface area (TPSA) is 0 Å². The van der Waals surface area contributed by atoms with Crippen LogP contribution in [0.5, 0.6) is 0 Å². The number of halogens is 1. The summed E-state index contributed by atoms with van der Waals surface area (Å²) in [5, 5.41) is 0.905. The van der Waals surface area contributed by atoms with Crippen LogP contribution in [0.2, 0.25) is 5.02 Å². The lowest BCUT2D eigenvalue weighted by molar-refractivity contribution is 0.280. The number of fused-ring (bicyclic) bond motifs is 6. The van der Waals surface area contributed by atoms with Crippen LogP contribution in [0.15, 0.2) is 54.6 Å². The summed E-state index contributed by atoms with van der Waals surface area (Å²) in [5.41, 5.74) is 11.4. The van der Waals surface area contributed by atoms with E-state index in [1.165, 1.54) is 44.5 Å². The highest BCUT2D eigenvalue weighted by Gasteiger charge is 2.49. The summed E-state index contributed by atoms with van der Waals surface area (Å²) in [6.45, 7) is 14.2. The van der Waals surface area contributed by atoms with Crippen LogP contribution in [0, 0.1) is 17.8 Å². The Labute approximate surface area is 186 Å². The summed E-state index contributed by atoms with van der Waals surface area (Å²) < 4.78 is 0. The summed E-state index contributed by atoms with van der Waals surface area (Å²) in [4.78, 5) is 0. The second-order valence-electron chi connectivity index (χ2n) is 10.1. The van der Waals surface area contributed by atoms with E-state index in [0.29, 0.717) is 23.7 Å². The van der Waals surface area contributed by atoms with Crippen molar-refractivity contribution in [1.29, 1.82) is 0 Å². The molecule has 0 aliphatic heterocycles. The summed E-state index contributed by atoms with van der Waals surface area (Å²) in [5.74, 6) is 1.88. The van der Waals surface area contributed by atoms with E-state index in [4.69, 9.17) is 11.6 Å². The molecule has 3 aromatic rings. The van der Waals surface area contributed by atoms with E-state index in [-0.39, 0.29) is 5.41 Å². The first-order valence-corrected chi connectivity index (χ1v) is 11.7. The molecule has 0 aromatic heterocycles. The van der Waals surface area contributed by atoms with Gasteiger partial charge in [-0.25, -0.2) is 0 Å². The predicted octanol–water partition coefficient (Wildman–Crippen LogP) is 8.69. The Balaban J connectivity index is 1.89. The van der Waals surface area contributed by atoms with E-state index >= 15 is 0 Å². The van der Waals surface area contributed by atoms with E-state index < -0.39 is 0 Å². The second kappa shape index (κ2) is 6.72. The lowest BCUT2D eigenvalue weighted by Gasteiger charge is -2.40. The van der Waals surface area contributed by atoms with Crippen LogP contribution in [0.25, 0.3) is 22.3 Å². The number of hydrogen-bond donors (Lipinski definition) is 0. The van der Waals surface area contributed by atoms with Crippen LogP contribution in [-0.2, 0) is 5.41 Å². The molecule has 1 unspecified atom stereocenters. The quantitative estimate of drug-likeness (QED) is 0.402. The van der Waals surface area contributed by atoms with E-state index in [1.807, 2.05) is 0 Å². The molecule has 5 rings (SSSR count). The van der Waals surface area contributed by atoms with Crippen molar-refractivity contribution in [3.05, 3.63) is 81.9 Å². The van der Waals surface area contributed by atoms with Gasteiger partial charge in [0, 0.05) is 16.4 Å². The Bertz CT molecular complexity index is 1140. The van der Waals surface area contributed by atoms with Crippen LogP contribution in [0.4, 0.5) is 0 Å². The predicted molar refractivity (Wildman–Crippen MR) is 129 cm³/mol. The molecule has 2 aliphatic rings. The lowest BCUT2D eigenvalue weighted by atomic mass is 9.62. The Morgan fingerprint density at radius 3 is 2.03 bits per heavy atom. The Morgan fingerprint density at radius 1 is 0.700 bits per heavy atom. The fourth-order valence-electron chi connectivity index (χ4n) is 6.74. The average Bonchev–Trinajstić information content (AvgIpc) is 3.18. The molecule has 0 fully saturated rings. The third kappa shape index (κ3) is 2.35. The summed E-state index contributed by atoms with van der Waals surface area (Å²) in [6, 6.07) is 20.6. The van der Waals surface area contributed by atoms with Gasteiger partial charge in [0.25, 0.3) is 0 Å². The molecule has 1 atom stereocenters. The van der Waals surface area contributed by atoms with E-state index in [2.05, 4.69) is 96.1 Å². The highest BCUT2D eigenvalue weighted by molar-refractivity contribution is 6.32. The smallest absolute Gasteiger partial charge is 0.0450 e. The van der Waals surface area contributed by atoms with Gasteiger partial charge < -0.3 is 0 Å². The maximum Gasteiger partial charge on any atom is 0.0450 e. The number of benzene rings is 3. The largest absolute Gasteiger partial charge is 0.0840 e. The molecular formula is C29H31Cl. The van der Waals surface area contributed by atoms with Crippen molar-refractivity contribution in [1.82, 2.24) is 0 Å². The first-order valence-electron chi connectivity index (χ1n) is 11.4. The van der Waals surface area contributed by atoms with Crippen molar-refractivity contribution in [3.63, 3.8) is 0 Å². The van der Waals surface area contributed by atoms with Crippen LogP contribution in [0.1, 0.15) is 69.7 Å². The first-order chi connectivity index (χ1) is 14.3.